The van der Waals surface area contributed by atoms with E-state index in [0.717, 1.165) is 17.0 Å². The first-order valence-electron chi connectivity index (χ1n) is 8.50. The van der Waals surface area contributed by atoms with E-state index in [-0.39, 0.29) is 12.1 Å². The molecule has 0 aliphatic carbocycles. The van der Waals surface area contributed by atoms with E-state index in [1.807, 2.05) is 17.5 Å². The van der Waals surface area contributed by atoms with Gasteiger partial charge in [-0.25, -0.2) is 23.4 Å². The van der Waals surface area contributed by atoms with Crippen molar-refractivity contribution in [2.24, 2.45) is 0 Å². The van der Waals surface area contributed by atoms with Crippen molar-refractivity contribution in [3.05, 3.63) is 65.6 Å². The molecule has 0 fully saturated rings. The van der Waals surface area contributed by atoms with E-state index < -0.39 is 22.5 Å². The second-order valence-corrected chi connectivity index (χ2v) is 9.55. The summed E-state index contributed by atoms with van der Waals surface area (Å²) in [4.78, 5) is 9.33. The summed E-state index contributed by atoms with van der Waals surface area (Å²) in [6.45, 7) is 1.71. The van der Waals surface area contributed by atoms with E-state index in [1.54, 1.807) is 6.92 Å². The van der Waals surface area contributed by atoms with Crippen LogP contribution < -0.4 is 0 Å². The van der Waals surface area contributed by atoms with Crippen molar-refractivity contribution in [2.75, 3.05) is 0 Å². The Labute approximate surface area is 177 Å². The van der Waals surface area contributed by atoms with E-state index >= 15 is 0 Å². The number of hydrogen-bond acceptors (Lipinski definition) is 8. The maximum atomic E-state index is 14.6. The maximum absolute atomic E-state index is 14.6. The number of thiophene rings is 1. The molecule has 3 heterocycles. The molecule has 4 rings (SSSR count). The van der Waals surface area contributed by atoms with Crippen LogP contribution in [0, 0.1) is 11.6 Å². The zero-order valence-corrected chi connectivity index (χ0v) is 17.5. The van der Waals surface area contributed by atoms with Gasteiger partial charge in [0.25, 0.3) is 0 Å². The van der Waals surface area contributed by atoms with Gasteiger partial charge in [0.05, 0.1) is 11.4 Å². The molecule has 0 saturated carbocycles. The van der Waals surface area contributed by atoms with Gasteiger partial charge in [-0.1, -0.05) is 23.9 Å². The fourth-order valence-electron chi connectivity index (χ4n) is 2.85. The third-order valence-corrected chi connectivity index (χ3v) is 7.29. The lowest BCUT2D eigenvalue weighted by atomic mass is 9.90. The van der Waals surface area contributed by atoms with Crippen LogP contribution in [0.2, 0.25) is 0 Å². The fraction of sp³-hybridized carbons (Fsp3) is 0.222. The van der Waals surface area contributed by atoms with Crippen LogP contribution in [0.1, 0.15) is 12.5 Å². The van der Waals surface area contributed by atoms with Crippen LogP contribution in [-0.4, -0.2) is 34.5 Å². The Morgan fingerprint density at radius 3 is 2.86 bits per heavy atom. The monoisotopic (exact) mass is 451 g/mol. The standard InChI is InChI=1S/C18H15F2N5OS3/c1-11(28-17-23-16(24-29-17)15-3-2-6-27-15)18(26,8-25-10-21-9-22-25)13-5-4-12(19)7-14(13)20/h2-7,9-11,26H,8H2,1H3/t11-,18-/m1/s1. The summed E-state index contributed by atoms with van der Waals surface area (Å²) < 4.78 is 34.4. The molecule has 0 spiro atoms. The smallest absolute Gasteiger partial charge is 0.184 e. The molecule has 0 unspecified atom stereocenters. The van der Waals surface area contributed by atoms with E-state index in [9.17, 15) is 13.9 Å². The molecule has 29 heavy (non-hydrogen) atoms. The highest BCUT2D eigenvalue weighted by atomic mass is 32.2. The molecule has 150 valence electrons. The minimum absolute atomic E-state index is 0.0163. The van der Waals surface area contributed by atoms with E-state index in [1.165, 1.54) is 58.0 Å². The van der Waals surface area contributed by atoms with Crippen molar-refractivity contribution in [3.63, 3.8) is 0 Å². The lowest BCUT2D eigenvalue weighted by molar-refractivity contribution is 0.0133. The Bertz CT molecular complexity index is 1090. The first kappa shape index (κ1) is 20.1. The maximum Gasteiger partial charge on any atom is 0.184 e. The molecule has 0 bridgehead atoms. The van der Waals surface area contributed by atoms with Crippen molar-refractivity contribution in [1.29, 1.82) is 0 Å². The summed E-state index contributed by atoms with van der Waals surface area (Å²) in [5, 5.41) is 16.9. The molecule has 11 heteroatoms. The molecule has 1 N–H and O–H groups in total. The molecular weight excluding hydrogens is 436 g/mol. The van der Waals surface area contributed by atoms with Crippen LogP contribution in [0.25, 0.3) is 10.7 Å². The Morgan fingerprint density at radius 2 is 2.17 bits per heavy atom. The molecule has 1 aromatic carbocycles. The van der Waals surface area contributed by atoms with Crippen LogP contribution in [-0.2, 0) is 12.1 Å². The molecule has 3 aromatic heterocycles. The first-order chi connectivity index (χ1) is 14.0. The number of hydrogen-bond donors (Lipinski definition) is 1. The van der Waals surface area contributed by atoms with Gasteiger partial charge in [0.1, 0.15) is 29.9 Å². The van der Waals surface area contributed by atoms with Crippen LogP contribution in [0.4, 0.5) is 8.78 Å². The summed E-state index contributed by atoms with van der Waals surface area (Å²) in [5.41, 5.74) is -1.71. The lowest BCUT2D eigenvalue weighted by Crippen LogP contribution is -2.41. The minimum Gasteiger partial charge on any atom is -0.382 e. The average Bonchev–Trinajstić information content (AvgIpc) is 3.44. The lowest BCUT2D eigenvalue weighted by Gasteiger charge is -2.33. The second kappa shape index (κ2) is 8.27. The first-order valence-corrected chi connectivity index (χ1v) is 11.0. The fourth-order valence-corrected chi connectivity index (χ4v) is 5.55. The highest BCUT2D eigenvalue weighted by Crippen LogP contribution is 2.40. The van der Waals surface area contributed by atoms with Crippen molar-refractivity contribution in [2.45, 2.75) is 28.7 Å². The number of aromatic nitrogens is 5. The van der Waals surface area contributed by atoms with Crippen molar-refractivity contribution >= 4 is 34.6 Å². The molecule has 6 nitrogen and oxygen atoms in total. The van der Waals surface area contributed by atoms with Gasteiger partial charge in [-0.3, -0.25) is 0 Å². The van der Waals surface area contributed by atoms with Crippen LogP contribution in [0.15, 0.2) is 52.7 Å². The number of benzene rings is 1. The molecule has 0 amide bonds. The minimum atomic E-state index is -1.69. The Kier molecular flexibility index (Phi) is 5.72. The van der Waals surface area contributed by atoms with Crippen LogP contribution in [0.3, 0.4) is 0 Å². The van der Waals surface area contributed by atoms with Gasteiger partial charge in [-0.05, 0) is 36.0 Å². The SMILES string of the molecule is C[C@@H](Sc1nc(-c2cccs2)ns1)[C@](O)(Cn1cncn1)c1ccc(F)cc1F. The van der Waals surface area contributed by atoms with E-state index in [4.69, 9.17) is 0 Å². The van der Waals surface area contributed by atoms with Crippen molar-refractivity contribution < 1.29 is 13.9 Å². The second-order valence-electron chi connectivity index (χ2n) is 6.26. The molecular formula is C18H15F2N5OS3. The quantitative estimate of drug-likeness (QED) is 0.424. The van der Waals surface area contributed by atoms with Gasteiger partial charge in [0.2, 0.25) is 0 Å². The molecule has 4 aromatic rings. The third-order valence-electron chi connectivity index (χ3n) is 4.37. The number of thioether (sulfide) groups is 1. The summed E-state index contributed by atoms with van der Waals surface area (Å²) in [6, 6.07) is 7.00. The molecule has 0 aliphatic rings. The Hall–Kier alpha value is -2.21. The average molecular weight is 452 g/mol. The highest BCUT2D eigenvalue weighted by Gasteiger charge is 2.40. The Balaban J connectivity index is 1.65. The van der Waals surface area contributed by atoms with Crippen molar-refractivity contribution in [1.82, 2.24) is 24.1 Å². The van der Waals surface area contributed by atoms with Gasteiger partial charge in [-0.15, -0.1) is 11.3 Å². The summed E-state index contributed by atoms with van der Waals surface area (Å²) in [7, 11) is 0. The number of rotatable bonds is 7. The molecule has 0 saturated heterocycles. The van der Waals surface area contributed by atoms with E-state index in [0.29, 0.717) is 10.2 Å². The number of halogens is 2. The van der Waals surface area contributed by atoms with Gasteiger partial charge in [0, 0.05) is 16.9 Å². The van der Waals surface area contributed by atoms with Gasteiger partial charge < -0.3 is 5.11 Å². The highest BCUT2D eigenvalue weighted by molar-refractivity contribution is 8.01. The topological polar surface area (TPSA) is 76.7 Å². The normalized spacial score (nSPS) is 14.6. The van der Waals surface area contributed by atoms with E-state index in [2.05, 4.69) is 19.4 Å². The predicted molar refractivity (Wildman–Crippen MR) is 109 cm³/mol. The largest absolute Gasteiger partial charge is 0.382 e. The van der Waals surface area contributed by atoms with Crippen molar-refractivity contribution in [3.8, 4) is 10.7 Å². The predicted octanol–water partition coefficient (Wildman–Crippen LogP) is 4.20. The van der Waals surface area contributed by atoms with Gasteiger partial charge >= 0.3 is 0 Å². The molecule has 2 atom stereocenters. The summed E-state index contributed by atoms with van der Waals surface area (Å²) in [6.07, 6.45) is 2.76. The molecule has 0 aliphatic heterocycles. The zero-order chi connectivity index (χ0) is 20.4. The van der Waals surface area contributed by atoms with Crippen LogP contribution >= 0.6 is 34.6 Å². The summed E-state index contributed by atoms with van der Waals surface area (Å²) >= 11 is 4.02. The van der Waals surface area contributed by atoms with Crippen LogP contribution in [0.5, 0.6) is 0 Å². The van der Waals surface area contributed by atoms with Gasteiger partial charge in [-0.2, -0.15) is 9.47 Å². The Morgan fingerprint density at radius 1 is 1.31 bits per heavy atom. The molecule has 0 radical (unpaired) electrons. The summed E-state index contributed by atoms with van der Waals surface area (Å²) in [5.74, 6) is -0.913. The third kappa shape index (κ3) is 4.22. The number of aliphatic hydroxyl groups is 1. The van der Waals surface area contributed by atoms with Gasteiger partial charge in [0.15, 0.2) is 10.2 Å². The zero-order valence-electron chi connectivity index (χ0n) is 15.1. The number of nitrogens with zero attached hydrogens (tertiary/aromatic N) is 5.